The quantitative estimate of drug-likeness (QED) is 0.747. The number of halogens is 1. The van der Waals surface area contributed by atoms with E-state index in [4.69, 9.17) is 0 Å². The van der Waals surface area contributed by atoms with Gasteiger partial charge >= 0.3 is 0 Å². The van der Waals surface area contributed by atoms with Crippen molar-refractivity contribution in [2.24, 2.45) is 0 Å². The van der Waals surface area contributed by atoms with E-state index < -0.39 is 10.0 Å². The van der Waals surface area contributed by atoms with Gasteiger partial charge in [-0.1, -0.05) is 26.0 Å². The highest BCUT2D eigenvalue weighted by Gasteiger charge is 2.17. The molecule has 0 fully saturated rings. The number of sulfonamides is 1. The van der Waals surface area contributed by atoms with Gasteiger partial charge in [0.1, 0.15) is 5.82 Å². The largest absolute Gasteiger partial charge is 0.314 e. The number of benzene rings is 1. The lowest BCUT2D eigenvalue weighted by Crippen LogP contribution is -2.31. The Morgan fingerprint density at radius 1 is 1.35 bits per heavy atom. The van der Waals surface area contributed by atoms with E-state index in [1.807, 2.05) is 13.8 Å². The molecule has 0 aliphatic rings. The number of hydrogen-bond acceptors (Lipinski definition) is 3. The molecule has 0 saturated heterocycles. The molecular formula is C14H23FN2O2S. The second-order valence-corrected chi connectivity index (χ2v) is 7.36. The van der Waals surface area contributed by atoms with E-state index in [1.165, 1.54) is 23.5 Å². The lowest BCUT2D eigenvalue weighted by atomic mass is 10.2. The van der Waals surface area contributed by atoms with Gasteiger partial charge in [-0.05, 0) is 30.7 Å². The van der Waals surface area contributed by atoms with Gasteiger partial charge in [-0.2, -0.15) is 0 Å². The standard InChI is InChI=1S/C14H23FN2O2S/c1-12(2)16-8-5-9-20(18,19)17(3)11-13-6-4-7-14(15)10-13/h4,6-7,10,12,16H,5,8-9,11H2,1-3H3. The summed E-state index contributed by atoms with van der Waals surface area (Å²) in [7, 11) is -1.77. The van der Waals surface area contributed by atoms with Crippen molar-refractivity contribution < 1.29 is 12.8 Å². The van der Waals surface area contributed by atoms with E-state index in [9.17, 15) is 12.8 Å². The normalized spacial score (nSPS) is 12.3. The van der Waals surface area contributed by atoms with Crippen LogP contribution >= 0.6 is 0 Å². The van der Waals surface area contributed by atoms with Crippen molar-refractivity contribution in [1.82, 2.24) is 9.62 Å². The van der Waals surface area contributed by atoms with Crippen molar-refractivity contribution in [3.8, 4) is 0 Å². The third-order valence-corrected chi connectivity index (χ3v) is 4.78. The van der Waals surface area contributed by atoms with E-state index in [-0.39, 0.29) is 18.1 Å². The van der Waals surface area contributed by atoms with Crippen molar-refractivity contribution in [3.63, 3.8) is 0 Å². The fourth-order valence-electron chi connectivity index (χ4n) is 1.79. The summed E-state index contributed by atoms with van der Waals surface area (Å²) in [6.45, 7) is 4.90. The lowest BCUT2D eigenvalue weighted by molar-refractivity contribution is 0.462. The van der Waals surface area contributed by atoms with Crippen LogP contribution in [0, 0.1) is 5.82 Å². The summed E-state index contributed by atoms with van der Waals surface area (Å²) in [5.74, 6) is -0.257. The molecule has 0 atom stereocenters. The molecule has 1 rings (SSSR count). The molecule has 0 unspecified atom stereocenters. The van der Waals surface area contributed by atoms with E-state index in [2.05, 4.69) is 5.32 Å². The van der Waals surface area contributed by atoms with Gasteiger partial charge in [0.25, 0.3) is 0 Å². The Morgan fingerprint density at radius 3 is 2.65 bits per heavy atom. The van der Waals surface area contributed by atoms with Crippen molar-refractivity contribution >= 4 is 10.0 Å². The Bertz CT molecular complexity index is 518. The van der Waals surface area contributed by atoms with Gasteiger partial charge in [-0.3, -0.25) is 0 Å². The van der Waals surface area contributed by atoms with Gasteiger partial charge in [0.05, 0.1) is 5.75 Å². The highest BCUT2D eigenvalue weighted by atomic mass is 32.2. The molecule has 1 aromatic carbocycles. The van der Waals surface area contributed by atoms with E-state index in [1.54, 1.807) is 12.1 Å². The first-order valence-corrected chi connectivity index (χ1v) is 8.34. The molecule has 0 aliphatic carbocycles. The number of hydrogen-bond donors (Lipinski definition) is 1. The summed E-state index contributed by atoms with van der Waals surface area (Å²) in [4.78, 5) is 0. The maximum atomic E-state index is 13.1. The van der Waals surface area contributed by atoms with Gasteiger partial charge in [0, 0.05) is 19.6 Å². The molecule has 0 heterocycles. The second-order valence-electron chi connectivity index (χ2n) is 5.16. The lowest BCUT2D eigenvalue weighted by Gasteiger charge is -2.17. The third kappa shape index (κ3) is 5.98. The molecule has 0 saturated carbocycles. The maximum absolute atomic E-state index is 13.1. The molecule has 0 spiro atoms. The molecule has 0 radical (unpaired) electrons. The Morgan fingerprint density at radius 2 is 2.05 bits per heavy atom. The zero-order chi connectivity index (χ0) is 15.2. The first-order valence-electron chi connectivity index (χ1n) is 6.73. The second kappa shape index (κ2) is 7.71. The summed E-state index contributed by atoms with van der Waals surface area (Å²) >= 11 is 0. The van der Waals surface area contributed by atoms with Crippen molar-refractivity contribution in [2.45, 2.75) is 32.9 Å². The fraction of sp³-hybridized carbons (Fsp3) is 0.571. The van der Waals surface area contributed by atoms with Gasteiger partial charge in [-0.25, -0.2) is 17.1 Å². The average molecular weight is 302 g/mol. The maximum Gasteiger partial charge on any atom is 0.214 e. The molecule has 20 heavy (non-hydrogen) atoms. The van der Waals surface area contributed by atoms with Crippen LogP contribution in [0.25, 0.3) is 0 Å². The minimum absolute atomic E-state index is 0.0958. The molecule has 0 aliphatic heterocycles. The van der Waals surface area contributed by atoms with Crippen LogP contribution in [0.15, 0.2) is 24.3 Å². The number of nitrogens with one attached hydrogen (secondary N) is 1. The van der Waals surface area contributed by atoms with Crippen LogP contribution in [0.1, 0.15) is 25.8 Å². The monoisotopic (exact) mass is 302 g/mol. The topological polar surface area (TPSA) is 49.4 Å². The molecule has 114 valence electrons. The first kappa shape index (κ1) is 17.1. The van der Waals surface area contributed by atoms with Crippen LogP contribution < -0.4 is 5.32 Å². The Hall–Kier alpha value is -0.980. The van der Waals surface area contributed by atoms with Crippen LogP contribution in [0.2, 0.25) is 0 Å². The van der Waals surface area contributed by atoms with Crippen molar-refractivity contribution in [1.29, 1.82) is 0 Å². The van der Waals surface area contributed by atoms with Gasteiger partial charge in [0.2, 0.25) is 10.0 Å². The molecule has 0 bridgehead atoms. The van der Waals surface area contributed by atoms with Gasteiger partial charge in [0.15, 0.2) is 0 Å². The molecule has 1 N–H and O–H groups in total. The predicted molar refractivity (Wildman–Crippen MR) is 79.4 cm³/mol. The highest BCUT2D eigenvalue weighted by Crippen LogP contribution is 2.10. The number of rotatable bonds is 8. The van der Waals surface area contributed by atoms with Crippen LogP contribution in [0.4, 0.5) is 4.39 Å². The SMILES string of the molecule is CC(C)NCCCS(=O)(=O)N(C)Cc1cccc(F)c1. The van der Waals surface area contributed by atoms with Gasteiger partial charge < -0.3 is 5.32 Å². The Balaban J connectivity index is 2.50. The minimum atomic E-state index is -3.30. The highest BCUT2D eigenvalue weighted by molar-refractivity contribution is 7.89. The summed E-state index contributed by atoms with van der Waals surface area (Å²) in [5, 5.41) is 3.18. The average Bonchev–Trinajstić information content (AvgIpc) is 2.34. The molecule has 0 amide bonds. The number of nitrogens with zero attached hydrogens (tertiary/aromatic N) is 1. The van der Waals surface area contributed by atoms with E-state index >= 15 is 0 Å². The zero-order valence-corrected chi connectivity index (χ0v) is 13.1. The van der Waals surface area contributed by atoms with Crippen LogP contribution in [-0.4, -0.2) is 38.1 Å². The third-order valence-electron chi connectivity index (χ3n) is 2.90. The van der Waals surface area contributed by atoms with Crippen LogP contribution in [0.5, 0.6) is 0 Å². The molecule has 1 aromatic rings. The van der Waals surface area contributed by atoms with E-state index in [0.29, 0.717) is 24.6 Å². The van der Waals surface area contributed by atoms with Crippen LogP contribution in [-0.2, 0) is 16.6 Å². The molecular weight excluding hydrogens is 279 g/mol. The Kier molecular flexibility index (Phi) is 6.58. The van der Waals surface area contributed by atoms with Gasteiger partial charge in [-0.15, -0.1) is 0 Å². The smallest absolute Gasteiger partial charge is 0.214 e. The molecule has 0 aromatic heterocycles. The minimum Gasteiger partial charge on any atom is -0.314 e. The molecule has 4 nitrogen and oxygen atoms in total. The zero-order valence-electron chi connectivity index (χ0n) is 12.3. The molecule has 6 heteroatoms. The predicted octanol–water partition coefficient (Wildman–Crippen LogP) is 1.98. The summed E-state index contributed by atoms with van der Waals surface area (Å²) in [6.07, 6.45) is 0.563. The van der Waals surface area contributed by atoms with Crippen molar-refractivity contribution in [3.05, 3.63) is 35.6 Å². The first-order chi connectivity index (χ1) is 9.31. The summed E-state index contributed by atoms with van der Waals surface area (Å²) in [5.41, 5.74) is 0.649. The van der Waals surface area contributed by atoms with Crippen molar-refractivity contribution in [2.75, 3.05) is 19.3 Å². The van der Waals surface area contributed by atoms with Crippen LogP contribution in [0.3, 0.4) is 0 Å². The van der Waals surface area contributed by atoms with E-state index in [0.717, 1.165) is 0 Å². The fourth-order valence-corrected chi connectivity index (χ4v) is 2.96. The Labute approximate surface area is 121 Å². The summed E-state index contributed by atoms with van der Waals surface area (Å²) < 4.78 is 38.5. The summed E-state index contributed by atoms with van der Waals surface area (Å²) in [6, 6.07) is 6.34.